The Morgan fingerprint density at radius 2 is 1.74 bits per heavy atom. The third-order valence-corrected chi connectivity index (χ3v) is 3.66. The quantitative estimate of drug-likeness (QED) is 0.662. The molecule has 0 aliphatic rings. The van der Waals surface area contributed by atoms with Gasteiger partial charge >= 0.3 is 0 Å². The van der Waals surface area contributed by atoms with Gasteiger partial charge in [0.1, 0.15) is 12.4 Å². The molecule has 0 unspecified atom stereocenters. The Labute approximate surface area is 159 Å². The van der Waals surface area contributed by atoms with Crippen molar-refractivity contribution in [2.75, 3.05) is 51.6 Å². The number of hydrogen-bond acceptors (Lipinski definition) is 5. The van der Waals surface area contributed by atoms with Crippen LogP contribution in [0.1, 0.15) is 10.4 Å². The molecule has 0 spiro atoms. The molecule has 0 saturated carbocycles. The van der Waals surface area contributed by atoms with Crippen LogP contribution in [0.4, 0.5) is 11.4 Å². The lowest BCUT2D eigenvalue weighted by Crippen LogP contribution is -2.23. The zero-order valence-electron chi connectivity index (χ0n) is 15.8. The summed E-state index contributed by atoms with van der Waals surface area (Å²) in [5.41, 5.74) is 1.95. The second-order valence-corrected chi connectivity index (χ2v) is 6.05. The van der Waals surface area contributed by atoms with E-state index in [1.807, 2.05) is 6.07 Å². The minimum absolute atomic E-state index is 0.0871. The zero-order chi connectivity index (χ0) is 19.6. The number of methoxy groups -OCH3 is 1. The highest BCUT2D eigenvalue weighted by molar-refractivity contribution is 5.96. The zero-order valence-corrected chi connectivity index (χ0v) is 15.8. The molecule has 0 heterocycles. The van der Waals surface area contributed by atoms with Crippen molar-refractivity contribution in [3.8, 4) is 5.75 Å². The molecule has 0 saturated heterocycles. The molecule has 0 aliphatic heterocycles. The molecular formula is C20H25N3O4. The Hall–Kier alpha value is -3.06. The minimum atomic E-state index is -0.188. The van der Waals surface area contributed by atoms with E-state index in [0.29, 0.717) is 35.9 Å². The molecule has 2 rings (SSSR count). The van der Waals surface area contributed by atoms with E-state index in [1.54, 1.807) is 63.7 Å². The summed E-state index contributed by atoms with van der Waals surface area (Å²) < 4.78 is 10.4. The van der Waals surface area contributed by atoms with Gasteiger partial charge in [0.2, 0.25) is 5.91 Å². The van der Waals surface area contributed by atoms with Gasteiger partial charge in [0.15, 0.2) is 0 Å². The second kappa shape index (κ2) is 10.2. The van der Waals surface area contributed by atoms with Gasteiger partial charge in [0.25, 0.3) is 5.91 Å². The Morgan fingerprint density at radius 1 is 1.00 bits per heavy atom. The number of anilines is 2. The highest BCUT2D eigenvalue weighted by Crippen LogP contribution is 2.16. The Bertz CT molecular complexity index is 760. The number of rotatable bonds is 9. The SMILES string of the molecule is COCCOc1ccc(NC(=O)CNc2cccc(C(=O)N(C)C)c2)cc1. The molecule has 2 amide bonds. The van der Waals surface area contributed by atoms with Gasteiger partial charge in [0.05, 0.1) is 13.2 Å². The van der Waals surface area contributed by atoms with Crippen molar-refractivity contribution in [3.05, 3.63) is 54.1 Å². The maximum Gasteiger partial charge on any atom is 0.253 e. The third kappa shape index (κ3) is 6.63. The number of carbonyl (C=O) groups excluding carboxylic acids is 2. The van der Waals surface area contributed by atoms with E-state index in [2.05, 4.69) is 10.6 Å². The lowest BCUT2D eigenvalue weighted by molar-refractivity contribution is -0.114. The number of hydrogen-bond donors (Lipinski definition) is 2. The first-order valence-corrected chi connectivity index (χ1v) is 8.57. The monoisotopic (exact) mass is 371 g/mol. The first-order chi connectivity index (χ1) is 13.0. The molecule has 7 heteroatoms. The summed E-state index contributed by atoms with van der Waals surface area (Å²) in [6.45, 7) is 1.08. The molecule has 0 radical (unpaired) electrons. The molecule has 0 atom stereocenters. The van der Waals surface area contributed by atoms with Gasteiger partial charge in [-0.15, -0.1) is 0 Å². The highest BCUT2D eigenvalue weighted by atomic mass is 16.5. The van der Waals surface area contributed by atoms with Gasteiger partial charge in [-0.2, -0.15) is 0 Å². The van der Waals surface area contributed by atoms with E-state index in [-0.39, 0.29) is 18.4 Å². The smallest absolute Gasteiger partial charge is 0.253 e. The van der Waals surface area contributed by atoms with E-state index in [1.165, 1.54) is 4.90 Å². The molecule has 0 fully saturated rings. The molecule has 2 aromatic carbocycles. The summed E-state index contributed by atoms with van der Waals surface area (Å²) in [4.78, 5) is 25.6. The molecule has 0 aliphatic carbocycles. The van der Waals surface area contributed by atoms with E-state index < -0.39 is 0 Å². The van der Waals surface area contributed by atoms with Crippen LogP contribution in [-0.4, -0.2) is 57.7 Å². The lowest BCUT2D eigenvalue weighted by atomic mass is 10.2. The average molecular weight is 371 g/mol. The van der Waals surface area contributed by atoms with E-state index >= 15 is 0 Å². The van der Waals surface area contributed by atoms with Crippen LogP contribution in [-0.2, 0) is 9.53 Å². The number of benzene rings is 2. The van der Waals surface area contributed by atoms with Gasteiger partial charge < -0.3 is 25.0 Å². The normalized spacial score (nSPS) is 10.2. The predicted octanol–water partition coefficient (Wildman–Crippen LogP) is 2.46. The van der Waals surface area contributed by atoms with E-state index in [0.717, 1.165) is 0 Å². The Kier molecular flexibility index (Phi) is 7.63. The van der Waals surface area contributed by atoms with Crippen molar-refractivity contribution < 1.29 is 19.1 Å². The summed E-state index contributed by atoms with van der Waals surface area (Å²) in [5, 5.41) is 5.83. The molecule has 7 nitrogen and oxygen atoms in total. The number of carbonyl (C=O) groups is 2. The van der Waals surface area contributed by atoms with E-state index in [4.69, 9.17) is 9.47 Å². The van der Waals surface area contributed by atoms with Crippen molar-refractivity contribution in [1.82, 2.24) is 4.90 Å². The number of nitrogens with zero attached hydrogens (tertiary/aromatic N) is 1. The maximum atomic E-state index is 12.1. The van der Waals surface area contributed by atoms with Gasteiger partial charge in [-0.25, -0.2) is 0 Å². The van der Waals surface area contributed by atoms with Gasteiger partial charge in [-0.1, -0.05) is 6.07 Å². The summed E-state index contributed by atoms with van der Waals surface area (Å²) >= 11 is 0. The van der Waals surface area contributed by atoms with Crippen LogP contribution in [0.2, 0.25) is 0 Å². The lowest BCUT2D eigenvalue weighted by Gasteiger charge is -2.12. The molecule has 2 N–H and O–H groups in total. The largest absolute Gasteiger partial charge is 0.491 e. The van der Waals surface area contributed by atoms with Crippen LogP contribution in [0.5, 0.6) is 5.75 Å². The van der Waals surface area contributed by atoms with Gasteiger partial charge in [0, 0.05) is 38.1 Å². The van der Waals surface area contributed by atoms with Crippen LogP contribution >= 0.6 is 0 Å². The van der Waals surface area contributed by atoms with Gasteiger partial charge in [-0.3, -0.25) is 9.59 Å². The standard InChI is InChI=1S/C20H25N3O4/c1-23(2)20(25)15-5-4-6-17(13-15)21-14-19(24)22-16-7-9-18(10-8-16)27-12-11-26-3/h4-10,13,21H,11-12,14H2,1-3H3,(H,22,24). The molecule has 144 valence electrons. The summed E-state index contributed by atoms with van der Waals surface area (Å²) in [5.74, 6) is 0.439. The van der Waals surface area contributed by atoms with Crippen molar-refractivity contribution in [1.29, 1.82) is 0 Å². The predicted molar refractivity (Wildman–Crippen MR) is 105 cm³/mol. The van der Waals surface area contributed by atoms with Crippen LogP contribution in [0.15, 0.2) is 48.5 Å². The molecule has 0 bridgehead atoms. The number of nitrogens with one attached hydrogen (secondary N) is 2. The summed E-state index contributed by atoms with van der Waals surface area (Å²) in [6.07, 6.45) is 0. The van der Waals surface area contributed by atoms with Crippen LogP contribution in [0, 0.1) is 0 Å². The highest BCUT2D eigenvalue weighted by Gasteiger charge is 2.09. The summed E-state index contributed by atoms with van der Waals surface area (Å²) in [6, 6.07) is 14.2. The first kappa shape index (κ1) is 20.3. The van der Waals surface area contributed by atoms with Crippen LogP contribution < -0.4 is 15.4 Å². The Balaban J connectivity index is 1.84. The van der Waals surface area contributed by atoms with Crippen LogP contribution in [0.3, 0.4) is 0 Å². The molecule has 2 aromatic rings. The maximum absolute atomic E-state index is 12.1. The van der Waals surface area contributed by atoms with Crippen molar-refractivity contribution >= 4 is 23.2 Å². The first-order valence-electron chi connectivity index (χ1n) is 8.57. The topological polar surface area (TPSA) is 79.9 Å². The third-order valence-electron chi connectivity index (χ3n) is 3.66. The fourth-order valence-electron chi connectivity index (χ4n) is 2.29. The fraction of sp³-hybridized carbons (Fsp3) is 0.300. The van der Waals surface area contributed by atoms with Crippen molar-refractivity contribution in [2.45, 2.75) is 0 Å². The van der Waals surface area contributed by atoms with E-state index in [9.17, 15) is 9.59 Å². The minimum Gasteiger partial charge on any atom is -0.491 e. The summed E-state index contributed by atoms with van der Waals surface area (Å²) in [7, 11) is 5.01. The molecule has 27 heavy (non-hydrogen) atoms. The molecular weight excluding hydrogens is 346 g/mol. The number of amides is 2. The average Bonchev–Trinajstić information content (AvgIpc) is 2.67. The van der Waals surface area contributed by atoms with Crippen molar-refractivity contribution in [2.24, 2.45) is 0 Å². The van der Waals surface area contributed by atoms with Crippen LogP contribution in [0.25, 0.3) is 0 Å². The number of ether oxygens (including phenoxy) is 2. The van der Waals surface area contributed by atoms with Crippen molar-refractivity contribution in [3.63, 3.8) is 0 Å². The Morgan fingerprint density at radius 3 is 2.41 bits per heavy atom. The molecule has 0 aromatic heterocycles. The fourth-order valence-corrected chi connectivity index (χ4v) is 2.29. The second-order valence-electron chi connectivity index (χ2n) is 6.05. The van der Waals surface area contributed by atoms with Gasteiger partial charge in [-0.05, 0) is 42.5 Å².